The Balaban J connectivity index is 2.06. The first-order chi connectivity index (χ1) is 7.29. The normalized spacial score (nSPS) is 19.9. The Kier molecular flexibility index (Phi) is 2.76. The van der Waals surface area contributed by atoms with Gasteiger partial charge in [-0.3, -0.25) is 14.8 Å². The molecule has 0 aromatic carbocycles. The van der Waals surface area contributed by atoms with Crippen molar-refractivity contribution in [3.05, 3.63) is 30.1 Å². The molecule has 0 saturated heterocycles. The van der Waals surface area contributed by atoms with E-state index in [1.165, 1.54) is 0 Å². The molecule has 1 aromatic rings. The molecule has 1 atom stereocenters. The lowest BCUT2D eigenvalue weighted by Crippen LogP contribution is -2.29. The second-order valence-electron chi connectivity index (χ2n) is 3.53. The Morgan fingerprint density at radius 3 is 3.00 bits per heavy atom. The fraction of sp³-hybridized carbons (Fsp3) is 0.364. The van der Waals surface area contributed by atoms with Gasteiger partial charge in [0.15, 0.2) is 0 Å². The SMILES string of the molecule is CCC1N=C(Cc2cccnc2)NC1=O. The van der Waals surface area contributed by atoms with Crippen LogP contribution in [0.2, 0.25) is 0 Å². The third kappa shape index (κ3) is 2.21. The standard InChI is InChI=1S/C11H13N3O/c1-2-9-11(15)14-10(13-9)6-8-4-3-5-12-7-8/h3-5,7,9H,2,6H2,1H3,(H,13,14,15). The molecule has 1 aliphatic rings. The highest BCUT2D eigenvalue weighted by molar-refractivity contribution is 6.06. The topological polar surface area (TPSA) is 54.4 Å². The van der Waals surface area contributed by atoms with Crippen molar-refractivity contribution in [3.8, 4) is 0 Å². The molecule has 0 radical (unpaired) electrons. The largest absolute Gasteiger partial charge is 0.312 e. The maximum atomic E-state index is 11.4. The molecular weight excluding hydrogens is 190 g/mol. The van der Waals surface area contributed by atoms with Crippen LogP contribution in [0.25, 0.3) is 0 Å². The maximum absolute atomic E-state index is 11.4. The Labute approximate surface area is 88.4 Å². The highest BCUT2D eigenvalue weighted by Crippen LogP contribution is 2.07. The van der Waals surface area contributed by atoms with Crippen LogP contribution < -0.4 is 5.32 Å². The van der Waals surface area contributed by atoms with Gasteiger partial charge >= 0.3 is 0 Å². The minimum Gasteiger partial charge on any atom is -0.312 e. The number of hydrogen-bond donors (Lipinski definition) is 1. The summed E-state index contributed by atoms with van der Waals surface area (Å²) < 4.78 is 0. The third-order valence-electron chi connectivity index (χ3n) is 2.36. The fourth-order valence-electron chi connectivity index (χ4n) is 1.57. The molecule has 4 nitrogen and oxygen atoms in total. The molecule has 78 valence electrons. The zero-order valence-electron chi connectivity index (χ0n) is 8.60. The zero-order chi connectivity index (χ0) is 10.7. The highest BCUT2D eigenvalue weighted by atomic mass is 16.2. The van der Waals surface area contributed by atoms with E-state index >= 15 is 0 Å². The molecule has 1 amide bonds. The van der Waals surface area contributed by atoms with Gasteiger partial charge in [-0.25, -0.2) is 0 Å². The van der Waals surface area contributed by atoms with Gasteiger partial charge in [-0.15, -0.1) is 0 Å². The molecule has 15 heavy (non-hydrogen) atoms. The van der Waals surface area contributed by atoms with Crippen molar-refractivity contribution >= 4 is 11.7 Å². The van der Waals surface area contributed by atoms with Gasteiger partial charge in [0.05, 0.1) is 0 Å². The predicted octanol–water partition coefficient (Wildman–Crippen LogP) is 0.931. The molecule has 2 rings (SSSR count). The second-order valence-corrected chi connectivity index (χ2v) is 3.53. The Bertz CT molecular complexity index is 386. The summed E-state index contributed by atoms with van der Waals surface area (Å²) in [5, 5.41) is 2.79. The van der Waals surface area contributed by atoms with E-state index in [1.807, 2.05) is 19.1 Å². The summed E-state index contributed by atoms with van der Waals surface area (Å²) in [5.74, 6) is 0.760. The Morgan fingerprint density at radius 2 is 2.40 bits per heavy atom. The van der Waals surface area contributed by atoms with Crippen molar-refractivity contribution in [1.29, 1.82) is 0 Å². The van der Waals surface area contributed by atoms with E-state index in [0.29, 0.717) is 6.42 Å². The maximum Gasteiger partial charge on any atom is 0.250 e. The number of aliphatic imine (C=N–C) groups is 1. The minimum absolute atomic E-state index is 0.0105. The second kappa shape index (κ2) is 4.21. The van der Waals surface area contributed by atoms with E-state index in [9.17, 15) is 4.79 Å². The zero-order valence-corrected chi connectivity index (χ0v) is 8.60. The number of carbonyl (C=O) groups is 1. The average Bonchev–Trinajstić information content (AvgIpc) is 2.60. The first-order valence-electron chi connectivity index (χ1n) is 5.06. The van der Waals surface area contributed by atoms with Crippen molar-refractivity contribution in [2.75, 3.05) is 0 Å². The van der Waals surface area contributed by atoms with Gasteiger partial charge < -0.3 is 5.32 Å². The number of carbonyl (C=O) groups excluding carboxylic acids is 1. The third-order valence-corrected chi connectivity index (χ3v) is 2.36. The summed E-state index contributed by atoms with van der Waals surface area (Å²) >= 11 is 0. The average molecular weight is 203 g/mol. The van der Waals surface area contributed by atoms with Crippen LogP contribution in [0.3, 0.4) is 0 Å². The predicted molar refractivity (Wildman–Crippen MR) is 57.6 cm³/mol. The minimum atomic E-state index is -0.198. The fourth-order valence-corrected chi connectivity index (χ4v) is 1.57. The van der Waals surface area contributed by atoms with Crippen molar-refractivity contribution in [1.82, 2.24) is 10.3 Å². The van der Waals surface area contributed by atoms with E-state index < -0.39 is 0 Å². The molecule has 0 fully saturated rings. The summed E-state index contributed by atoms with van der Waals surface area (Å²) in [5.41, 5.74) is 1.06. The van der Waals surface area contributed by atoms with E-state index in [1.54, 1.807) is 12.4 Å². The van der Waals surface area contributed by atoms with E-state index in [2.05, 4.69) is 15.3 Å². The number of nitrogens with one attached hydrogen (secondary N) is 1. The number of pyridine rings is 1. The Hall–Kier alpha value is -1.71. The molecule has 0 aliphatic carbocycles. The number of rotatable bonds is 3. The lowest BCUT2D eigenvalue weighted by atomic mass is 10.2. The lowest BCUT2D eigenvalue weighted by Gasteiger charge is -1.99. The van der Waals surface area contributed by atoms with Crippen molar-refractivity contribution in [2.45, 2.75) is 25.8 Å². The van der Waals surface area contributed by atoms with Gasteiger partial charge in [-0.05, 0) is 18.1 Å². The van der Waals surface area contributed by atoms with Crippen molar-refractivity contribution < 1.29 is 4.79 Å². The number of aromatic nitrogens is 1. The van der Waals surface area contributed by atoms with Gasteiger partial charge in [0.2, 0.25) is 5.91 Å². The molecule has 0 saturated carbocycles. The summed E-state index contributed by atoms with van der Waals surface area (Å²) in [6.45, 7) is 1.96. The van der Waals surface area contributed by atoms with E-state index in [4.69, 9.17) is 0 Å². The van der Waals surface area contributed by atoms with Gasteiger partial charge in [0.25, 0.3) is 0 Å². The number of amidine groups is 1. The van der Waals surface area contributed by atoms with Crippen LogP contribution >= 0.6 is 0 Å². The molecule has 2 heterocycles. The Morgan fingerprint density at radius 1 is 1.53 bits per heavy atom. The first-order valence-corrected chi connectivity index (χ1v) is 5.06. The van der Waals surface area contributed by atoms with E-state index in [0.717, 1.165) is 17.8 Å². The van der Waals surface area contributed by atoms with Gasteiger partial charge in [-0.1, -0.05) is 13.0 Å². The number of nitrogens with zero attached hydrogens (tertiary/aromatic N) is 2. The molecule has 1 N–H and O–H groups in total. The molecule has 1 aliphatic heterocycles. The molecule has 1 unspecified atom stereocenters. The first kappa shape index (κ1) is 9.83. The molecule has 4 heteroatoms. The summed E-state index contributed by atoms with van der Waals surface area (Å²) in [4.78, 5) is 19.7. The highest BCUT2D eigenvalue weighted by Gasteiger charge is 2.23. The van der Waals surface area contributed by atoms with Crippen molar-refractivity contribution in [2.24, 2.45) is 4.99 Å². The molecular formula is C11H13N3O. The molecule has 0 spiro atoms. The summed E-state index contributed by atoms with van der Waals surface area (Å²) in [7, 11) is 0. The summed E-state index contributed by atoms with van der Waals surface area (Å²) in [6, 6.07) is 3.65. The van der Waals surface area contributed by atoms with Gasteiger partial charge in [0.1, 0.15) is 11.9 Å². The van der Waals surface area contributed by atoms with Crippen LogP contribution in [0.1, 0.15) is 18.9 Å². The van der Waals surface area contributed by atoms with Crippen LogP contribution in [0.4, 0.5) is 0 Å². The quantitative estimate of drug-likeness (QED) is 0.794. The van der Waals surface area contributed by atoms with Crippen LogP contribution in [0.5, 0.6) is 0 Å². The van der Waals surface area contributed by atoms with Crippen LogP contribution in [-0.4, -0.2) is 22.8 Å². The lowest BCUT2D eigenvalue weighted by molar-refractivity contribution is -0.120. The van der Waals surface area contributed by atoms with Gasteiger partial charge in [0, 0.05) is 18.8 Å². The monoisotopic (exact) mass is 203 g/mol. The van der Waals surface area contributed by atoms with Crippen LogP contribution in [-0.2, 0) is 11.2 Å². The van der Waals surface area contributed by atoms with Crippen LogP contribution in [0, 0.1) is 0 Å². The van der Waals surface area contributed by atoms with Crippen LogP contribution in [0.15, 0.2) is 29.5 Å². The number of hydrogen-bond acceptors (Lipinski definition) is 3. The van der Waals surface area contributed by atoms with Gasteiger partial charge in [-0.2, -0.15) is 0 Å². The smallest absolute Gasteiger partial charge is 0.250 e. The summed E-state index contributed by atoms with van der Waals surface area (Å²) in [6.07, 6.45) is 4.92. The number of amides is 1. The molecule has 1 aromatic heterocycles. The van der Waals surface area contributed by atoms with Crippen molar-refractivity contribution in [3.63, 3.8) is 0 Å². The molecule has 0 bridgehead atoms. The van der Waals surface area contributed by atoms with E-state index in [-0.39, 0.29) is 11.9 Å².